The predicted molar refractivity (Wildman–Crippen MR) is 82.2 cm³/mol. The Balaban J connectivity index is 2.21. The van der Waals surface area contributed by atoms with Gasteiger partial charge in [-0.25, -0.2) is 0 Å². The molecule has 0 bridgehead atoms. The predicted octanol–water partition coefficient (Wildman–Crippen LogP) is 3.35. The van der Waals surface area contributed by atoms with Gasteiger partial charge in [0.15, 0.2) is 5.58 Å². The average Bonchev–Trinajstić information content (AvgIpc) is 2.99. The van der Waals surface area contributed by atoms with E-state index in [1.165, 1.54) is 0 Å². The van der Waals surface area contributed by atoms with Gasteiger partial charge in [0.25, 0.3) is 5.56 Å². The Morgan fingerprint density at radius 2 is 1.71 bits per heavy atom. The third kappa shape index (κ3) is 1.62. The topological polar surface area (TPSA) is 48.0 Å². The Kier molecular flexibility index (Phi) is 2.44. The maximum Gasteiger partial charge on any atom is 0.264 e. The van der Waals surface area contributed by atoms with Crippen LogP contribution < -0.4 is 5.56 Å². The van der Waals surface area contributed by atoms with E-state index in [2.05, 4.69) is 5.16 Å². The zero-order valence-corrected chi connectivity index (χ0v) is 11.4. The summed E-state index contributed by atoms with van der Waals surface area (Å²) in [6.45, 7) is 0. The van der Waals surface area contributed by atoms with Crippen LogP contribution in [0.3, 0.4) is 0 Å². The third-order valence-electron chi connectivity index (χ3n) is 3.77. The minimum absolute atomic E-state index is 0.0937. The molecule has 0 radical (unpaired) electrons. The number of fused-ring (bicyclic) bond motifs is 3. The van der Waals surface area contributed by atoms with E-state index >= 15 is 0 Å². The fraction of sp³-hybridized carbons (Fsp3) is 0.0588. The normalized spacial score (nSPS) is 11.3. The lowest BCUT2D eigenvalue weighted by molar-refractivity contribution is 0.461. The lowest BCUT2D eigenvalue weighted by Gasteiger charge is -2.04. The van der Waals surface area contributed by atoms with Gasteiger partial charge in [0.1, 0.15) is 11.1 Å². The Bertz CT molecular complexity index is 1010. The first-order valence-electron chi connectivity index (χ1n) is 6.70. The second kappa shape index (κ2) is 4.31. The molecule has 0 atom stereocenters. The van der Waals surface area contributed by atoms with Gasteiger partial charge in [-0.2, -0.15) is 0 Å². The molecule has 0 fully saturated rings. The van der Waals surface area contributed by atoms with Gasteiger partial charge in [-0.15, -0.1) is 0 Å². The van der Waals surface area contributed by atoms with E-state index in [0.29, 0.717) is 16.7 Å². The summed E-state index contributed by atoms with van der Waals surface area (Å²) in [5.74, 6) is 0. The highest BCUT2D eigenvalue weighted by atomic mass is 16.5. The van der Waals surface area contributed by atoms with Crippen molar-refractivity contribution >= 4 is 21.9 Å². The van der Waals surface area contributed by atoms with Gasteiger partial charge in [0.2, 0.25) is 0 Å². The van der Waals surface area contributed by atoms with Crippen molar-refractivity contribution in [2.24, 2.45) is 7.05 Å². The number of hydrogen-bond acceptors (Lipinski definition) is 3. The van der Waals surface area contributed by atoms with E-state index in [4.69, 9.17) is 4.52 Å². The molecular weight excluding hydrogens is 264 g/mol. The number of nitrogens with zero attached hydrogens (tertiary/aromatic N) is 2. The van der Waals surface area contributed by atoms with E-state index < -0.39 is 0 Å². The van der Waals surface area contributed by atoms with Crippen molar-refractivity contribution in [3.05, 3.63) is 65.0 Å². The minimum atomic E-state index is -0.0937. The van der Waals surface area contributed by atoms with Gasteiger partial charge < -0.3 is 9.09 Å². The van der Waals surface area contributed by atoms with Crippen LogP contribution in [0, 0.1) is 0 Å². The molecule has 4 aromatic rings. The number of aromatic nitrogens is 2. The molecule has 4 nitrogen and oxygen atoms in total. The molecule has 0 aliphatic heterocycles. The number of pyridine rings is 1. The average molecular weight is 276 g/mol. The van der Waals surface area contributed by atoms with Crippen LogP contribution in [0.25, 0.3) is 33.1 Å². The molecule has 0 spiro atoms. The molecule has 0 aliphatic rings. The van der Waals surface area contributed by atoms with Crippen LogP contribution in [-0.4, -0.2) is 9.72 Å². The van der Waals surface area contributed by atoms with E-state index in [9.17, 15) is 4.79 Å². The first kappa shape index (κ1) is 11.9. The van der Waals surface area contributed by atoms with E-state index in [-0.39, 0.29) is 5.56 Å². The van der Waals surface area contributed by atoms with Gasteiger partial charge in [-0.1, -0.05) is 47.6 Å². The highest BCUT2D eigenvalue weighted by Crippen LogP contribution is 2.29. The Morgan fingerprint density at radius 1 is 1.00 bits per heavy atom. The van der Waals surface area contributed by atoms with E-state index in [1.54, 1.807) is 11.6 Å². The number of rotatable bonds is 1. The summed E-state index contributed by atoms with van der Waals surface area (Å²) < 4.78 is 7.13. The first-order chi connectivity index (χ1) is 10.3. The molecule has 4 rings (SSSR count). The summed E-state index contributed by atoms with van der Waals surface area (Å²) in [4.78, 5) is 12.7. The largest absolute Gasteiger partial charge is 0.355 e. The molecule has 0 saturated carbocycles. The van der Waals surface area contributed by atoms with Gasteiger partial charge in [-0.3, -0.25) is 4.79 Å². The SMILES string of the molecule is Cn1c(=O)c2c(-c3ccccc3)noc2c2ccccc21. The number of para-hydroxylation sites is 1. The van der Waals surface area contributed by atoms with Gasteiger partial charge in [-0.05, 0) is 12.1 Å². The zero-order valence-electron chi connectivity index (χ0n) is 11.4. The standard InChI is InChI=1S/C17H12N2O2/c1-19-13-10-6-5-9-12(13)16-14(17(19)20)15(18-21-16)11-7-3-2-4-8-11/h2-10H,1H3. The molecule has 2 aromatic heterocycles. The van der Waals surface area contributed by atoms with Crippen LogP contribution in [0.1, 0.15) is 0 Å². The number of hydrogen-bond donors (Lipinski definition) is 0. The molecule has 0 unspecified atom stereocenters. The van der Waals surface area contributed by atoms with Gasteiger partial charge >= 0.3 is 0 Å². The molecular formula is C17H12N2O2. The fourth-order valence-electron chi connectivity index (χ4n) is 2.70. The monoisotopic (exact) mass is 276 g/mol. The minimum Gasteiger partial charge on any atom is -0.355 e. The quantitative estimate of drug-likeness (QED) is 0.535. The highest BCUT2D eigenvalue weighted by Gasteiger charge is 2.18. The van der Waals surface area contributed by atoms with Crippen molar-refractivity contribution in [2.75, 3.05) is 0 Å². The molecule has 2 aromatic carbocycles. The van der Waals surface area contributed by atoms with E-state index in [1.807, 2.05) is 54.6 Å². The van der Waals surface area contributed by atoms with Crippen molar-refractivity contribution in [1.82, 2.24) is 9.72 Å². The van der Waals surface area contributed by atoms with Crippen molar-refractivity contribution in [3.8, 4) is 11.3 Å². The van der Waals surface area contributed by atoms with Crippen LogP contribution in [0.2, 0.25) is 0 Å². The fourth-order valence-corrected chi connectivity index (χ4v) is 2.70. The molecule has 4 heteroatoms. The van der Waals surface area contributed by atoms with Crippen molar-refractivity contribution in [3.63, 3.8) is 0 Å². The molecule has 102 valence electrons. The molecule has 2 heterocycles. The summed E-state index contributed by atoms with van der Waals surface area (Å²) in [6.07, 6.45) is 0. The Hall–Kier alpha value is -2.88. The maximum atomic E-state index is 12.7. The summed E-state index contributed by atoms with van der Waals surface area (Å²) in [6, 6.07) is 17.3. The highest BCUT2D eigenvalue weighted by molar-refractivity contribution is 6.06. The lowest BCUT2D eigenvalue weighted by Crippen LogP contribution is -2.17. The van der Waals surface area contributed by atoms with Crippen molar-refractivity contribution in [2.45, 2.75) is 0 Å². The zero-order chi connectivity index (χ0) is 14.4. The van der Waals surface area contributed by atoms with Crippen LogP contribution >= 0.6 is 0 Å². The smallest absolute Gasteiger partial charge is 0.264 e. The Morgan fingerprint density at radius 3 is 2.52 bits per heavy atom. The van der Waals surface area contributed by atoms with Crippen molar-refractivity contribution in [1.29, 1.82) is 0 Å². The Labute approximate surface area is 120 Å². The number of benzene rings is 2. The summed E-state index contributed by atoms with van der Waals surface area (Å²) in [7, 11) is 1.77. The second-order valence-corrected chi connectivity index (χ2v) is 4.98. The molecule has 0 amide bonds. The third-order valence-corrected chi connectivity index (χ3v) is 3.77. The van der Waals surface area contributed by atoms with Crippen LogP contribution in [0.5, 0.6) is 0 Å². The number of aryl methyl sites for hydroxylation is 1. The molecule has 0 saturated heterocycles. The second-order valence-electron chi connectivity index (χ2n) is 4.98. The summed E-state index contributed by atoms with van der Waals surface area (Å²) in [5, 5.41) is 5.55. The summed E-state index contributed by atoms with van der Waals surface area (Å²) in [5.41, 5.74) is 2.77. The lowest BCUT2D eigenvalue weighted by atomic mass is 10.1. The first-order valence-corrected chi connectivity index (χ1v) is 6.70. The van der Waals surface area contributed by atoms with Crippen LogP contribution in [0.4, 0.5) is 0 Å². The maximum absolute atomic E-state index is 12.7. The van der Waals surface area contributed by atoms with Crippen LogP contribution in [0.15, 0.2) is 63.9 Å². The molecule has 21 heavy (non-hydrogen) atoms. The van der Waals surface area contributed by atoms with E-state index in [0.717, 1.165) is 16.5 Å². The summed E-state index contributed by atoms with van der Waals surface area (Å²) >= 11 is 0. The van der Waals surface area contributed by atoms with Crippen molar-refractivity contribution < 1.29 is 4.52 Å². The van der Waals surface area contributed by atoms with Crippen LogP contribution in [-0.2, 0) is 7.05 Å². The molecule has 0 N–H and O–H groups in total. The van der Waals surface area contributed by atoms with Gasteiger partial charge in [0.05, 0.1) is 5.52 Å². The molecule has 0 aliphatic carbocycles. The van der Waals surface area contributed by atoms with Gasteiger partial charge in [0, 0.05) is 18.0 Å².